The molecule has 0 aliphatic rings. The van der Waals surface area contributed by atoms with Gasteiger partial charge in [-0.15, -0.1) is 0 Å². The Kier molecular flexibility index (Phi) is 5.66. The van der Waals surface area contributed by atoms with Crippen LogP contribution in [0.25, 0.3) is 0 Å². The lowest BCUT2D eigenvalue weighted by molar-refractivity contribution is 0.481. The molecule has 2 aromatic rings. The first-order valence-electron chi connectivity index (χ1n) is 7.43. The average molecular weight is 304 g/mol. The van der Waals surface area contributed by atoms with E-state index in [1.54, 1.807) is 0 Å². The van der Waals surface area contributed by atoms with Crippen molar-refractivity contribution in [2.75, 3.05) is 6.54 Å². The van der Waals surface area contributed by atoms with E-state index in [-0.39, 0.29) is 6.04 Å². The molecule has 0 aromatic heterocycles. The van der Waals surface area contributed by atoms with E-state index in [1.165, 1.54) is 5.56 Å². The van der Waals surface area contributed by atoms with Crippen LogP contribution in [0.1, 0.15) is 37.9 Å². The third kappa shape index (κ3) is 4.23. The number of hydrogen-bond acceptors (Lipinski definition) is 2. The first kappa shape index (κ1) is 15.9. The minimum atomic E-state index is 0.236. The first-order chi connectivity index (χ1) is 10.1. The number of hydrogen-bond donors (Lipinski definition) is 1. The van der Waals surface area contributed by atoms with Crippen LogP contribution in [-0.2, 0) is 6.42 Å². The smallest absolute Gasteiger partial charge is 0.128 e. The van der Waals surface area contributed by atoms with E-state index in [0.29, 0.717) is 0 Å². The second-order valence-electron chi connectivity index (χ2n) is 5.06. The van der Waals surface area contributed by atoms with E-state index in [1.807, 2.05) is 30.3 Å². The van der Waals surface area contributed by atoms with Gasteiger partial charge in [0.1, 0.15) is 11.5 Å². The molecule has 0 aliphatic carbocycles. The van der Waals surface area contributed by atoms with Gasteiger partial charge >= 0.3 is 0 Å². The molecule has 0 saturated carbocycles. The van der Waals surface area contributed by atoms with Crippen LogP contribution in [-0.4, -0.2) is 6.54 Å². The monoisotopic (exact) mass is 303 g/mol. The molecule has 0 spiro atoms. The van der Waals surface area contributed by atoms with Crippen molar-refractivity contribution in [2.24, 2.45) is 0 Å². The fourth-order valence-electron chi connectivity index (χ4n) is 2.27. The Morgan fingerprint density at radius 2 is 1.71 bits per heavy atom. The lowest BCUT2D eigenvalue weighted by Gasteiger charge is -2.15. The second-order valence-corrected chi connectivity index (χ2v) is 5.47. The maximum atomic E-state index is 6.35. The summed E-state index contributed by atoms with van der Waals surface area (Å²) in [5.74, 6) is 1.59. The van der Waals surface area contributed by atoms with Crippen LogP contribution < -0.4 is 10.1 Å². The quantitative estimate of drug-likeness (QED) is 0.775. The van der Waals surface area contributed by atoms with Crippen LogP contribution in [0.2, 0.25) is 5.02 Å². The van der Waals surface area contributed by atoms with Crippen LogP contribution in [0.3, 0.4) is 0 Å². The molecule has 0 radical (unpaired) electrons. The molecular weight excluding hydrogens is 282 g/mol. The molecular formula is C18H22ClNO. The Balaban J connectivity index is 2.12. The number of halogens is 1. The molecule has 112 valence electrons. The second kappa shape index (κ2) is 7.48. The Bertz CT molecular complexity index is 580. The fraction of sp³-hybridized carbons (Fsp3) is 0.333. The van der Waals surface area contributed by atoms with Crippen molar-refractivity contribution < 1.29 is 4.74 Å². The minimum absolute atomic E-state index is 0.236. The summed E-state index contributed by atoms with van der Waals surface area (Å²) in [6, 6.07) is 14.2. The molecule has 0 amide bonds. The van der Waals surface area contributed by atoms with Gasteiger partial charge in [0.25, 0.3) is 0 Å². The molecule has 1 atom stereocenters. The molecule has 3 heteroatoms. The number of ether oxygens (including phenoxy) is 1. The van der Waals surface area contributed by atoms with Crippen molar-refractivity contribution >= 4 is 11.6 Å². The summed E-state index contributed by atoms with van der Waals surface area (Å²) in [5.41, 5.74) is 2.39. The SMILES string of the molecule is CCNC(C)c1ccc(Oc2ccc(CC)cc2)cc1Cl. The van der Waals surface area contributed by atoms with Crippen molar-refractivity contribution in [3.05, 3.63) is 58.6 Å². The third-order valence-electron chi connectivity index (χ3n) is 3.52. The van der Waals surface area contributed by atoms with Gasteiger partial charge in [-0.05, 0) is 55.3 Å². The maximum absolute atomic E-state index is 6.35. The van der Waals surface area contributed by atoms with Gasteiger partial charge in [-0.3, -0.25) is 0 Å². The zero-order chi connectivity index (χ0) is 15.2. The minimum Gasteiger partial charge on any atom is -0.457 e. The molecule has 0 bridgehead atoms. The molecule has 21 heavy (non-hydrogen) atoms. The first-order valence-corrected chi connectivity index (χ1v) is 7.81. The Morgan fingerprint density at radius 1 is 1.05 bits per heavy atom. The highest BCUT2D eigenvalue weighted by atomic mass is 35.5. The summed E-state index contributed by atoms with van der Waals surface area (Å²) in [4.78, 5) is 0. The van der Waals surface area contributed by atoms with Crippen molar-refractivity contribution in [1.29, 1.82) is 0 Å². The van der Waals surface area contributed by atoms with E-state index in [4.69, 9.17) is 16.3 Å². The number of nitrogens with one attached hydrogen (secondary N) is 1. The third-order valence-corrected chi connectivity index (χ3v) is 3.84. The lowest BCUT2D eigenvalue weighted by atomic mass is 10.1. The van der Waals surface area contributed by atoms with Crippen LogP contribution in [0, 0.1) is 0 Å². The summed E-state index contributed by atoms with van der Waals surface area (Å²) in [6.07, 6.45) is 1.03. The van der Waals surface area contributed by atoms with Gasteiger partial charge in [-0.2, -0.15) is 0 Å². The molecule has 2 aromatic carbocycles. The molecule has 0 aliphatic heterocycles. The summed E-state index contributed by atoms with van der Waals surface area (Å²) in [5, 5.41) is 4.09. The Morgan fingerprint density at radius 3 is 2.29 bits per heavy atom. The van der Waals surface area contributed by atoms with Gasteiger partial charge in [0.15, 0.2) is 0 Å². The number of rotatable bonds is 6. The summed E-state index contributed by atoms with van der Waals surface area (Å²) >= 11 is 6.35. The zero-order valence-corrected chi connectivity index (χ0v) is 13.6. The maximum Gasteiger partial charge on any atom is 0.128 e. The molecule has 1 N–H and O–H groups in total. The highest BCUT2D eigenvalue weighted by molar-refractivity contribution is 6.31. The van der Waals surface area contributed by atoms with Gasteiger partial charge in [0, 0.05) is 11.1 Å². The number of benzene rings is 2. The van der Waals surface area contributed by atoms with Gasteiger partial charge < -0.3 is 10.1 Å². The summed E-state index contributed by atoms with van der Waals surface area (Å²) in [6.45, 7) is 7.25. The standard InChI is InChI=1S/C18H22ClNO/c1-4-14-6-8-15(9-7-14)21-16-10-11-17(18(19)12-16)13(3)20-5-2/h6-13,20H,4-5H2,1-3H3. The van der Waals surface area contributed by atoms with Gasteiger partial charge in [-0.25, -0.2) is 0 Å². The van der Waals surface area contributed by atoms with Crippen LogP contribution in [0.5, 0.6) is 11.5 Å². The molecule has 1 unspecified atom stereocenters. The van der Waals surface area contributed by atoms with E-state index in [2.05, 4.69) is 38.2 Å². The van der Waals surface area contributed by atoms with E-state index < -0.39 is 0 Å². The highest BCUT2D eigenvalue weighted by Gasteiger charge is 2.09. The predicted octanol–water partition coefficient (Wildman–Crippen LogP) is 5.37. The van der Waals surface area contributed by atoms with Crippen molar-refractivity contribution in [1.82, 2.24) is 5.32 Å². The predicted molar refractivity (Wildman–Crippen MR) is 89.4 cm³/mol. The normalized spacial score (nSPS) is 12.2. The molecule has 0 fully saturated rings. The Labute approximate surface area is 132 Å². The zero-order valence-electron chi connectivity index (χ0n) is 12.8. The highest BCUT2D eigenvalue weighted by Crippen LogP contribution is 2.30. The molecule has 0 saturated heterocycles. The van der Waals surface area contributed by atoms with Crippen LogP contribution >= 0.6 is 11.6 Å². The summed E-state index contributed by atoms with van der Waals surface area (Å²) in [7, 11) is 0. The Hall–Kier alpha value is -1.51. The van der Waals surface area contributed by atoms with Gasteiger partial charge in [-0.1, -0.05) is 43.6 Å². The fourth-order valence-corrected chi connectivity index (χ4v) is 2.60. The average Bonchev–Trinajstić information content (AvgIpc) is 2.48. The number of aryl methyl sites for hydroxylation is 1. The van der Waals surface area contributed by atoms with E-state index in [9.17, 15) is 0 Å². The van der Waals surface area contributed by atoms with Crippen LogP contribution in [0.4, 0.5) is 0 Å². The summed E-state index contributed by atoms with van der Waals surface area (Å²) < 4.78 is 5.85. The van der Waals surface area contributed by atoms with Crippen LogP contribution in [0.15, 0.2) is 42.5 Å². The molecule has 0 heterocycles. The topological polar surface area (TPSA) is 21.3 Å². The molecule has 2 nitrogen and oxygen atoms in total. The van der Waals surface area contributed by atoms with Crippen molar-refractivity contribution in [3.8, 4) is 11.5 Å². The van der Waals surface area contributed by atoms with Crippen molar-refractivity contribution in [3.63, 3.8) is 0 Å². The van der Waals surface area contributed by atoms with Gasteiger partial charge in [0.2, 0.25) is 0 Å². The lowest BCUT2D eigenvalue weighted by Crippen LogP contribution is -2.17. The van der Waals surface area contributed by atoms with Crippen molar-refractivity contribution in [2.45, 2.75) is 33.2 Å². The molecule has 2 rings (SSSR count). The largest absolute Gasteiger partial charge is 0.457 e. The van der Waals surface area contributed by atoms with E-state index >= 15 is 0 Å². The van der Waals surface area contributed by atoms with E-state index in [0.717, 1.165) is 35.1 Å². The van der Waals surface area contributed by atoms with Gasteiger partial charge in [0.05, 0.1) is 0 Å².